The molecule has 2 aromatic heterocycles. The number of nitrogens with zero attached hydrogens (tertiary/aromatic N) is 4. The van der Waals surface area contributed by atoms with E-state index in [0.29, 0.717) is 30.6 Å². The molecule has 0 spiro atoms. The number of nitrogens with one attached hydrogen (secondary N) is 1. The number of hydrogen-bond donors (Lipinski definition) is 1. The molecule has 28 heavy (non-hydrogen) atoms. The molecule has 1 N–H and O–H groups in total. The number of rotatable bonds is 6. The average molecular weight is 383 g/mol. The Balaban J connectivity index is 1.64. The number of amides is 1. The maximum Gasteiger partial charge on any atom is 0.332 e. The fraction of sp³-hybridized carbons (Fsp3) is 0.400. The van der Waals surface area contributed by atoms with Gasteiger partial charge in [-0.05, 0) is 25.8 Å². The Morgan fingerprint density at radius 2 is 1.82 bits per heavy atom. The first-order chi connectivity index (χ1) is 13.3. The van der Waals surface area contributed by atoms with Crippen LogP contribution in [0.25, 0.3) is 11.2 Å². The number of benzene rings is 1. The van der Waals surface area contributed by atoms with Crippen LogP contribution in [0, 0.1) is 6.92 Å². The van der Waals surface area contributed by atoms with Crippen LogP contribution in [-0.4, -0.2) is 24.6 Å². The third-order valence-corrected chi connectivity index (χ3v) is 4.97. The van der Waals surface area contributed by atoms with E-state index in [1.165, 1.54) is 17.2 Å². The molecule has 1 aromatic carbocycles. The van der Waals surface area contributed by atoms with Crippen LogP contribution in [0.2, 0.25) is 0 Å². The van der Waals surface area contributed by atoms with E-state index >= 15 is 0 Å². The normalized spacial score (nSPS) is 12.3. The molecule has 0 radical (unpaired) electrons. The fourth-order valence-corrected chi connectivity index (χ4v) is 3.23. The Morgan fingerprint density at radius 3 is 2.50 bits per heavy atom. The molecule has 1 amide bonds. The summed E-state index contributed by atoms with van der Waals surface area (Å²) in [6.45, 7) is 4.45. The van der Waals surface area contributed by atoms with Gasteiger partial charge in [0.25, 0.3) is 5.56 Å². The lowest BCUT2D eigenvalue weighted by Gasteiger charge is -2.14. The minimum absolute atomic E-state index is 0.0437. The van der Waals surface area contributed by atoms with Gasteiger partial charge in [0.1, 0.15) is 0 Å². The molecule has 3 aromatic rings. The lowest BCUT2D eigenvalue weighted by atomic mass is 10.1. The Labute approximate surface area is 162 Å². The average Bonchev–Trinajstić information content (AvgIpc) is 3.09. The second-order valence-corrected chi connectivity index (χ2v) is 7.12. The van der Waals surface area contributed by atoms with E-state index in [1.54, 1.807) is 17.9 Å². The maximum absolute atomic E-state index is 12.4. The molecule has 8 nitrogen and oxygen atoms in total. The third-order valence-electron chi connectivity index (χ3n) is 4.97. The van der Waals surface area contributed by atoms with Gasteiger partial charge in [-0.1, -0.05) is 29.8 Å². The van der Waals surface area contributed by atoms with Crippen LogP contribution in [0.4, 0.5) is 0 Å². The highest BCUT2D eigenvalue weighted by Crippen LogP contribution is 2.13. The van der Waals surface area contributed by atoms with Gasteiger partial charge in [-0.2, -0.15) is 0 Å². The maximum atomic E-state index is 12.4. The van der Waals surface area contributed by atoms with Gasteiger partial charge in [0.05, 0.1) is 12.4 Å². The molecule has 0 fully saturated rings. The molecule has 0 saturated carbocycles. The topological polar surface area (TPSA) is 90.9 Å². The molecule has 8 heteroatoms. The zero-order chi connectivity index (χ0) is 20.4. The zero-order valence-corrected chi connectivity index (χ0v) is 16.6. The van der Waals surface area contributed by atoms with Crippen molar-refractivity contribution in [1.82, 2.24) is 24.0 Å². The molecule has 1 unspecified atom stereocenters. The van der Waals surface area contributed by atoms with Crippen molar-refractivity contribution in [3.63, 3.8) is 0 Å². The highest BCUT2D eigenvalue weighted by molar-refractivity contribution is 5.76. The standard InChI is InChI=1S/C20H25N5O3/c1-13-7-9-15(10-8-13)14(2)22-16(26)6-5-11-25-12-21-18-17(25)19(27)24(4)20(28)23(18)3/h7-10,12,14H,5-6,11H2,1-4H3,(H,22,26). The number of aryl methyl sites for hydroxylation is 3. The molecule has 2 heterocycles. The summed E-state index contributed by atoms with van der Waals surface area (Å²) in [4.78, 5) is 40.8. The smallest absolute Gasteiger partial charge is 0.332 e. The Bertz CT molecular complexity index is 1120. The molecule has 148 valence electrons. The monoisotopic (exact) mass is 383 g/mol. The first-order valence-electron chi connectivity index (χ1n) is 9.26. The van der Waals surface area contributed by atoms with Crippen molar-refractivity contribution in [3.05, 3.63) is 62.6 Å². The minimum atomic E-state index is -0.410. The first kappa shape index (κ1) is 19.6. The van der Waals surface area contributed by atoms with Gasteiger partial charge < -0.3 is 9.88 Å². The van der Waals surface area contributed by atoms with E-state index in [-0.39, 0.29) is 17.5 Å². The largest absolute Gasteiger partial charge is 0.350 e. The molecular weight excluding hydrogens is 358 g/mol. The molecule has 0 aliphatic carbocycles. The molecule has 0 bridgehead atoms. The van der Waals surface area contributed by atoms with Gasteiger partial charge in [0, 0.05) is 27.1 Å². The van der Waals surface area contributed by atoms with Crippen molar-refractivity contribution in [2.24, 2.45) is 14.1 Å². The van der Waals surface area contributed by atoms with E-state index in [2.05, 4.69) is 10.3 Å². The molecular formula is C20H25N5O3. The second-order valence-electron chi connectivity index (χ2n) is 7.12. The van der Waals surface area contributed by atoms with Gasteiger partial charge in [0.2, 0.25) is 5.91 Å². The summed E-state index contributed by atoms with van der Waals surface area (Å²) in [5, 5.41) is 2.99. The summed E-state index contributed by atoms with van der Waals surface area (Å²) >= 11 is 0. The molecule has 0 aliphatic heterocycles. The Kier molecular flexibility index (Phi) is 5.48. The summed E-state index contributed by atoms with van der Waals surface area (Å²) in [5.74, 6) is -0.0437. The van der Waals surface area contributed by atoms with Crippen LogP contribution in [-0.2, 0) is 25.4 Å². The zero-order valence-electron chi connectivity index (χ0n) is 16.6. The molecule has 3 rings (SSSR count). The van der Waals surface area contributed by atoms with Crippen molar-refractivity contribution in [3.8, 4) is 0 Å². The summed E-state index contributed by atoms with van der Waals surface area (Å²) in [6.07, 6.45) is 2.43. The van der Waals surface area contributed by atoms with Crippen LogP contribution in [0.5, 0.6) is 0 Å². The van der Waals surface area contributed by atoms with Crippen molar-refractivity contribution >= 4 is 17.1 Å². The number of hydrogen-bond acceptors (Lipinski definition) is 4. The molecule has 1 atom stereocenters. The number of fused-ring (bicyclic) bond motifs is 1. The van der Waals surface area contributed by atoms with Gasteiger partial charge >= 0.3 is 5.69 Å². The quantitative estimate of drug-likeness (QED) is 0.697. The highest BCUT2D eigenvalue weighted by atomic mass is 16.2. The summed E-state index contributed by atoms with van der Waals surface area (Å²) in [5.41, 5.74) is 2.17. The molecule has 0 saturated heterocycles. The predicted molar refractivity (Wildman–Crippen MR) is 107 cm³/mol. The third kappa shape index (κ3) is 3.76. The van der Waals surface area contributed by atoms with E-state index in [4.69, 9.17) is 0 Å². The van der Waals surface area contributed by atoms with E-state index in [9.17, 15) is 14.4 Å². The van der Waals surface area contributed by atoms with Crippen LogP contribution in [0.15, 0.2) is 40.2 Å². The van der Waals surface area contributed by atoms with Crippen LogP contribution >= 0.6 is 0 Å². The lowest BCUT2D eigenvalue weighted by Crippen LogP contribution is -2.37. The number of aromatic nitrogens is 4. The SMILES string of the molecule is Cc1ccc(C(C)NC(=O)CCCn2cnc3c2c(=O)n(C)c(=O)n3C)cc1. The predicted octanol–water partition coefficient (Wildman–Crippen LogP) is 1.40. The van der Waals surface area contributed by atoms with Gasteiger partial charge in [0.15, 0.2) is 11.2 Å². The van der Waals surface area contributed by atoms with Crippen molar-refractivity contribution in [2.45, 2.75) is 39.3 Å². The number of carbonyl (C=O) groups is 1. The number of carbonyl (C=O) groups excluding carboxylic acids is 1. The van der Waals surface area contributed by atoms with Gasteiger partial charge in [-0.25, -0.2) is 9.78 Å². The Morgan fingerprint density at radius 1 is 1.14 bits per heavy atom. The van der Waals surface area contributed by atoms with Crippen molar-refractivity contribution in [2.75, 3.05) is 0 Å². The number of imidazole rings is 1. The van der Waals surface area contributed by atoms with E-state index < -0.39 is 5.69 Å². The van der Waals surface area contributed by atoms with Crippen LogP contribution in [0.1, 0.15) is 36.9 Å². The van der Waals surface area contributed by atoms with Gasteiger partial charge in [-0.15, -0.1) is 0 Å². The lowest BCUT2D eigenvalue weighted by molar-refractivity contribution is -0.121. The van der Waals surface area contributed by atoms with Crippen LogP contribution in [0.3, 0.4) is 0 Å². The summed E-state index contributed by atoms with van der Waals surface area (Å²) in [7, 11) is 3.03. The first-order valence-corrected chi connectivity index (χ1v) is 9.26. The van der Waals surface area contributed by atoms with Crippen molar-refractivity contribution in [1.29, 1.82) is 0 Å². The summed E-state index contributed by atoms with van der Waals surface area (Å²) in [6, 6.07) is 8.01. The highest BCUT2D eigenvalue weighted by Gasteiger charge is 2.15. The molecule has 0 aliphatic rings. The van der Waals surface area contributed by atoms with Gasteiger partial charge in [-0.3, -0.25) is 18.7 Å². The van der Waals surface area contributed by atoms with E-state index in [1.807, 2.05) is 38.1 Å². The van der Waals surface area contributed by atoms with Crippen LogP contribution < -0.4 is 16.6 Å². The van der Waals surface area contributed by atoms with E-state index in [0.717, 1.165) is 10.1 Å². The van der Waals surface area contributed by atoms with Crippen molar-refractivity contribution < 1.29 is 4.79 Å². The summed E-state index contributed by atoms with van der Waals surface area (Å²) < 4.78 is 4.12. The second kappa shape index (κ2) is 7.84. The Hall–Kier alpha value is -3.16. The minimum Gasteiger partial charge on any atom is -0.350 e. The fourth-order valence-electron chi connectivity index (χ4n) is 3.23.